The van der Waals surface area contributed by atoms with Crippen LogP contribution in [0.4, 0.5) is 0 Å². The highest BCUT2D eigenvalue weighted by molar-refractivity contribution is 4.86. The first-order valence-corrected chi connectivity index (χ1v) is 4.89. The summed E-state index contributed by atoms with van der Waals surface area (Å²) in [7, 11) is 0. The highest BCUT2D eigenvalue weighted by Crippen LogP contribution is 2.33. The Morgan fingerprint density at radius 3 is 1.50 bits per heavy atom. The van der Waals surface area contributed by atoms with Crippen LogP contribution in [0.25, 0.3) is 0 Å². The fourth-order valence-corrected chi connectivity index (χ4v) is 1.63. The van der Waals surface area contributed by atoms with Crippen molar-refractivity contribution >= 4 is 0 Å². The molecule has 0 rings (SSSR count). The molecule has 0 amide bonds. The van der Waals surface area contributed by atoms with Crippen molar-refractivity contribution in [1.82, 2.24) is 0 Å². The lowest BCUT2D eigenvalue weighted by molar-refractivity contribution is -0.0639. The van der Waals surface area contributed by atoms with Crippen molar-refractivity contribution in [3.8, 4) is 0 Å². The van der Waals surface area contributed by atoms with Crippen LogP contribution in [0.1, 0.15) is 47.0 Å². The maximum Gasteiger partial charge on any atom is 0.0615 e. The predicted octanol–water partition coefficient (Wildman–Crippen LogP) is 1.94. The highest BCUT2D eigenvalue weighted by Gasteiger charge is 2.36. The average molecular weight is 174 g/mol. The van der Waals surface area contributed by atoms with Crippen molar-refractivity contribution in [2.75, 3.05) is 0 Å². The van der Waals surface area contributed by atoms with E-state index in [1.54, 1.807) is 0 Å². The Balaban J connectivity index is 4.42. The molecule has 0 saturated carbocycles. The van der Waals surface area contributed by atoms with Gasteiger partial charge >= 0.3 is 0 Å². The topological polar surface area (TPSA) is 40.5 Å². The maximum absolute atomic E-state index is 9.72. The fraction of sp³-hybridized carbons (Fsp3) is 1.00. The zero-order valence-corrected chi connectivity index (χ0v) is 8.67. The van der Waals surface area contributed by atoms with Gasteiger partial charge in [0.15, 0.2) is 0 Å². The van der Waals surface area contributed by atoms with Gasteiger partial charge in [-0.05, 0) is 19.3 Å². The lowest BCUT2D eigenvalue weighted by Crippen LogP contribution is -2.41. The molecule has 2 unspecified atom stereocenters. The molecule has 12 heavy (non-hydrogen) atoms. The third kappa shape index (κ3) is 2.20. The monoisotopic (exact) mass is 174 g/mol. The van der Waals surface area contributed by atoms with Gasteiger partial charge in [-0.25, -0.2) is 0 Å². The zero-order valence-electron chi connectivity index (χ0n) is 8.67. The van der Waals surface area contributed by atoms with Crippen LogP contribution in [-0.4, -0.2) is 22.4 Å². The first-order valence-electron chi connectivity index (χ1n) is 4.89. The summed E-state index contributed by atoms with van der Waals surface area (Å²) < 4.78 is 0. The van der Waals surface area contributed by atoms with Gasteiger partial charge < -0.3 is 10.2 Å². The van der Waals surface area contributed by atoms with Crippen LogP contribution in [0.15, 0.2) is 0 Å². The van der Waals surface area contributed by atoms with E-state index in [1.165, 1.54) is 0 Å². The molecule has 0 aliphatic rings. The smallest absolute Gasteiger partial charge is 0.0615 e. The Labute approximate surface area is 75.6 Å². The molecule has 0 spiro atoms. The van der Waals surface area contributed by atoms with E-state index >= 15 is 0 Å². The summed E-state index contributed by atoms with van der Waals surface area (Å²) in [4.78, 5) is 0. The molecule has 2 heteroatoms. The standard InChI is InChI=1S/C10H22O2/c1-5-8(11)10(4,7-3)9(12)6-2/h8-9,11-12H,5-7H2,1-4H3. The van der Waals surface area contributed by atoms with Crippen molar-refractivity contribution in [3.05, 3.63) is 0 Å². The molecule has 0 aromatic rings. The molecule has 0 aromatic heterocycles. The Morgan fingerprint density at radius 2 is 1.33 bits per heavy atom. The van der Waals surface area contributed by atoms with Crippen LogP contribution in [0.5, 0.6) is 0 Å². The lowest BCUT2D eigenvalue weighted by Gasteiger charge is -2.37. The van der Waals surface area contributed by atoms with Crippen molar-refractivity contribution in [2.24, 2.45) is 5.41 Å². The van der Waals surface area contributed by atoms with E-state index in [0.717, 1.165) is 6.42 Å². The van der Waals surface area contributed by atoms with Gasteiger partial charge in [0.1, 0.15) is 0 Å². The van der Waals surface area contributed by atoms with Gasteiger partial charge in [0, 0.05) is 5.41 Å². The third-order valence-corrected chi connectivity index (χ3v) is 3.06. The van der Waals surface area contributed by atoms with Crippen molar-refractivity contribution in [3.63, 3.8) is 0 Å². The second-order valence-electron chi connectivity index (χ2n) is 3.71. The second-order valence-corrected chi connectivity index (χ2v) is 3.71. The molecule has 2 atom stereocenters. The van der Waals surface area contributed by atoms with Crippen molar-refractivity contribution in [2.45, 2.75) is 59.2 Å². The normalized spacial score (nSPS) is 21.5. The number of hydrogen-bond acceptors (Lipinski definition) is 2. The van der Waals surface area contributed by atoms with E-state index in [-0.39, 0.29) is 5.41 Å². The Morgan fingerprint density at radius 1 is 1.00 bits per heavy atom. The van der Waals surface area contributed by atoms with Gasteiger partial charge in [0.05, 0.1) is 12.2 Å². The quantitative estimate of drug-likeness (QED) is 0.668. The summed E-state index contributed by atoms with van der Waals surface area (Å²) in [5, 5.41) is 19.4. The first kappa shape index (κ1) is 11.9. The Bertz CT molecular complexity index is 113. The molecule has 0 saturated heterocycles. The molecule has 2 nitrogen and oxygen atoms in total. The SMILES string of the molecule is CCC(O)C(C)(CC)C(O)CC. The summed E-state index contributed by atoms with van der Waals surface area (Å²) in [6, 6.07) is 0. The molecule has 0 aliphatic heterocycles. The van der Waals surface area contributed by atoms with E-state index in [9.17, 15) is 10.2 Å². The molecular weight excluding hydrogens is 152 g/mol. The van der Waals surface area contributed by atoms with Gasteiger partial charge in [-0.15, -0.1) is 0 Å². The van der Waals surface area contributed by atoms with Crippen LogP contribution in [0.2, 0.25) is 0 Å². The summed E-state index contributed by atoms with van der Waals surface area (Å²) in [6.45, 7) is 7.86. The zero-order chi connectivity index (χ0) is 9.78. The van der Waals surface area contributed by atoms with Gasteiger partial charge in [-0.2, -0.15) is 0 Å². The van der Waals surface area contributed by atoms with Crippen LogP contribution in [0.3, 0.4) is 0 Å². The van der Waals surface area contributed by atoms with Crippen molar-refractivity contribution in [1.29, 1.82) is 0 Å². The highest BCUT2D eigenvalue weighted by atomic mass is 16.3. The molecular formula is C10H22O2. The van der Waals surface area contributed by atoms with E-state index < -0.39 is 12.2 Å². The number of rotatable bonds is 5. The summed E-state index contributed by atoms with van der Waals surface area (Å²) in [6.07, 6.45) is 1.45. The molecule has 0 radical (unpaired) electrons. The molecule has 0 fully saturated rings. The Hall–Kier alpha value is -0.0800. The van der Waals surface area contributed by atoms with E-state index in [1.807, 2.05) is 27.7 Å². The van der Waals surface area contributed by atoms with E-state index in [0.29, 0.717) is 12.8 Å². The van der Waals surface area contributed by atoms with Gasteiger partial charge in [0.25, 0.3) is 0 Å². The minimum Gasteiger partial charge on any atom is -0.392 e. The minimum atomic E-state index is -0.391. The predicted molar refractivity (Wildman–Crippen MR) is 51.0 cm³/mol. The number of hydrogen-bond donors (Lipinski definition) is 2. The molecule has 0 heterocycles. The molecule has 74 valence electrons. The van der Waals surface area contributed by atoms with E-state index in [2.05, 4.69) is 0 Å². The Kier molecular flexibility index (Phi) is 4.80. The molecule has 0 bridgehead atoms. The minimum absolute atomic E-state index is 0.330. The van der Waals surface area contributed by atoms with Crippen LogP contribution in [-0.2, 0) is 0 Å². The maximum atomic E-state index is 9.72. The van der Waals surface area contributed by atoms with Crippen LogP contribution < -0.4 is 0 Å². The number of aliphatic hydroxyl groups excluding tert-OH is 2. The van der Waals surface area contributed by atoms with Crippen LogP contribution >= 0.6 is 0 Å². The number of aliphatic hydroxyl groups is 2. The summed E-state index contributed by atoms with van der Waals surface area (Å²) in [5.74, 6) is 0. The summed E-state index contributed by atoms with van der Waals surface area (Å²) >= 11 is 0. The van der Waals surface area contributed by atoms with E-state index in [4.69, 9.17) is 0 Å². The second kappa shape index (κ2) is 4.83. The third-order valence-electron chi connectivity index (χ3n) is 3.06. The first-order chi connectivity index (χ1) is 5.52. The van der Waals surface area contributed by atoms with Crippen LogP contribution in [0, 0.1) is 5.41 Å². The largest absolute Gasteiger partial charge is 0.392 e. The molecule has 0 aromatic carbocycles. The lowest BCUT2D eigenvalue weighted by atomic mass is 9.74. The fourth-order valence-electron chi connectivity index (χ4n) is 1.63. The molecule has 0 aliphatic carbocycles. The average Bonchev–Trinajstić information content (AvgIpc) is 2.13. The van der Waals surface area contributed by atoms with Gasteiger partial charge in [0.2, 0.25) is 0 Å². The summed E-state index contributed by atoms with van der Waals surface area (Å²) in [5.41, 5.74) is -0.330. The van der Waals surface area contributed by atoms with Gasteiger partial charge in [-0.3, -0.25) is 0 Å². The van der Waals surface area contributed by atoms with Gasteiger partial charge in [-0.1, -0.05) is 27.7 Å². The van der Waals surface area contributed by atoms with Crippen molar-refractivity contribution < 1.29 is 10.2 Å². The molecule has 2 N–H and O–H groups in total.